The summed E-state index contributed by atoms with van der Waals surface area (Å²) in [6, 6.07) is 35.1. The number of hydrazone groups is 1. The third kappa shape index (κ3) is 4.85. The van der Waals surface area contributed by atoms with Crippen molar-refractivity contribution in [3.63, 3.8) is 0 Å². The number of aryl methyl sites for hydroxylation is 1. The van der Waals surface area contributed by atoms with Gasteiger partial charge in [0.05, 0.1) is 41.1 Å². The Kier molecular flexibility index (Phi) is 6.62. The van der Waals surface area contributed by atoms with Gasteiger partial charge in [0, 0.05) is 12.0 Å². The first kappa shape index (κ1) is 25.1. The predicted molar refractivity (Wildman–Crippen MR) is 157 cm³/mol. The minimum absolute atomic E-state index is 0.181. The molecule has 1 aromatic heterocycles. The maximum atomic E-state index is 11.5. The largest absolute Gasteiger partial charge is 0.497 e. The molecule has 2 heterocycles. The molecule has 0 saturated carbocycles. The fourth-order valence-corrected chi connectivity index (χ4v) is 4.97. The number of nitrogens with zero attached hydrogens (tertiary/aromatic N) is 4. The van der Waals surface area contributed by atoms with Crippen LogP contribution in [0, 0.1) is 6.92 Å². The summed E-state index contributed by atoms with van der Waals surface area (Å²) in [6.07, 6.45) is 0.638. The van der Waals surface area contributed by atoms with Crippen LogP contribution in [0.15, 0.2) is 114 Å². The number of anilines is 1. The second-order valence-corrected chi connectivity index (χ2v) is 9.76. The quantitative estimate of drug-likeness (QED) is 0.248. The lowest BCUT2D eigenvalue weighted by Crippen LogP contribution is -2.21. The molecule has 5 aromatic rings. The normalized spacial score (nSPS) is 14.7. The number of rotatable bonds is 7. The lowest BCUT2D eigenvalue weighted by atomic mass is 10.0. The molecule has 6 rings (SSSR count). The highest BCUT2D eigenvalue weighted by Crippen LogP contribution is 2.39. The summed E-state index contributed by atoms with van der Waals surface area (Å²) >= 11 is 0. The van der Waals surface area contributed by atoms with Crippen molar-refractivity contribution in [2.24, 2.45) is 5.10 Å². The summed E-state index contributed by atoms with van der Waals surface area (Å²) in [4.78, 5) is 11.5. The van der Waals surface area contributed by atoms with Crippen LogP contribution in [0.2, 0.25) is 0 Å². The molecule has 1 N–H and O–H groups in total. The number of carboxylic acid groups (broad SMARTS) is 1. The number of aromatic nitrogens is 2. The fourth-order valence-electron chi connectivity index (χ4n) is 4.97. The van der Waals surface area contributed by atoms with E-state index in [4.69, 9.17) is 14.9 Å². The van der Waals surface area contributed by atoms with Crippen LogP contribution < -0.4 is 9.75 Å². The molecule has 1 aliphatic heterocycles. The molecule has 0 amide bonds. The summed E-state index contributed by atoms with van der Waals surface area (Å²) in [5, 5.41) is 21.5. The molecule has 40 heavy (non-hydrogen) atoms. The van der Waals surface area contributed by atoms with Crippen molar-refractivity contribution in [2.45, 2.75) is 19.4 Å². The minimum atomic E-state index is -0.961. The van der Waals surface area contributed by atoms with E-state index in [9.17, 15) is 9.90 Å². The first-order chi connectivity index (χ1) is 19.5. The molecule has 4 aromatic carbocycles. The Hall–Kier alpha value is -5.17. The number of carboxylic acids is 1. The van der Waals surface area contributed by atoms with Gasteiger partial charge in [0.15, 0.2) is 0 Å². The van der Waals surface area contributed by atoms with Gasteiger partial charge in [0.2, 0.25) is 0 Å². The molecule has 7 heteroatoms. The molecule has 1 unspecified atom stereocenters. The standard InChI is InChI=1S/C33H28N4O3/c1-22-8-10-23(11-9-22)29-20-31(36(34-29)26-6-4-3-5-7-26)32-21-30(24-14-18-28(40-2)19-15-24)35-37(32)27-16-12-25(13-17-27)33(38)39/h3-20,32H,21H2,1-2H3,(H,38,39). The van der Waals surface area contributed by atoms with E-state index in [0.717, 1.165) is 45.4 Å². The molecule has 198 valence electrons. The average molecular weight is 529 g/mol. The molecular formula is C33H28N4O3. The molecule has 0 saturated heterocycles. The van der Waals surface area contributed by atoms with Crippen molar-refractivity contribution >= 4 is 17.4 Å². The number of methoxy groups -OCH3 is 1. The van der Waals surface area contributed by atoms with E-state index < -0.39 is 5.97 Å². The summed E-state index contributed by atoms with van der Waals surface area (Å²) in [5.41, 5.74) is 7.99. The van der Waals surface area contributed by atoms with Crippen LogP contribution in [0.25, 0.3) is 16.9 Å². The first-order valence-corrected chi connectivity index (χ1v) is 13.1. The molecule has 0 fully saturated rings. The van der Waals surface area contributed by atoms with Crippen molar-refractivity contribution in [3.05, 3.63) is 132 Å². The van der Waals surface area contributed by atoms with Crippen molar-refractivity contribution < 1.29 is 14.6 Å². The molecule has 0 spiro atoms. The average Bonchev–Trinajstić information content (AvgIpc) is 3.63. The van der Waals surface area contributed by atoms with E-state index in [-0.39, 0.29) is 11.6 Å². The number of carbonyl (C=O) groups is 1. The number of benzene rings is 4. The molecule has 1 atom stereocenters. The van der Waals surface area contributed by atoms with Crippen molar-refractivity contribution in [3.8, 4) is 22.7 Å². The number of aromatic carboxylic acids is 1. The monoisotopic (exact) mass is 528 g/mol. The van der Waals surface area contributed by atoms with E-state index in [1.54, 1.807) is 31.4 Å². The maximum Gasteiger partial charge on any atom is 0.335 e. The van der Waals surface area contributed by atoms with Gasteiger partial charge >= 0.3 is 5.97 Å². The molecule has 0 aliphatic carbocycles. The third-order valence-electron chi connectivity index (χ3n) is 7.14. The molecule has 1 aliphatic rings. The van der Waals surface area contributed by atoms with Crippen LogP contribution in [0.5, 0.6) is 5.75 Å². The van der Waals surface area contributed by atoms with Gasteiger partial charge in [-0.15, -0.1) is 0 Å². The second-order valence-electron chi connectivity index (χ2n) is 9.76. The van der Waals surface area contributed by atoms with Crippen molar-refractivity contribution in [2.75, 3.05) is 12.1 Å². The van der Waals surface area contributed by atoms with Crippen molar-refractivity contribution in [1.29, 1.82) is 0 Å². The Labute approximate surface area is 232 Å². The van der Waals surface area contributed by atoms with E-state index in [2.05, 4.69) is 37.3 Å². The highest BCUT2D eigenvalue weighted by molar-refractivity contribution is 6.03. The van der Waals surface area contributed by atoms with Crippen LogP contribution in [0.3, 0.4) is 0 Å². The number of para-hydroxylation sites is 1. The minimum Gasteiger partial charge on any atom is -0.497 e. The van der Waals surface area contributed by atoms with Gasteiger partial charge in [-0.25, -0.2) is 9.48 Å². The summed E-state index contributed by atoms with van der Waals surface area (Å²) < 4.78 is 7.34. The Morgan fingerprint density at radius 2 is 1.52 bits per heavy atom. The Bertz CT molecular complexity index is 1670. The van der Waals surface area contributed by atoms with Gasteiger partial charge < -0.3 is 9.84 Å². The van der Waals surface area contributed by atoms with Crippen LogP contribution in [0.4, 0.5) is 5.69 Å². The molecule has 0 bridgehead atoms. The van der Waals surface area contributed by atoms with Gasteiger partial charge in [0.1, 0.15) is 11.8 Å². The first-order valence-electron chi connectivity index (χ1n) is 13.1. The summed E-state index contributed by atoms with van der Waals surface area (Å²) in [5.74, 6) is -0.179. The number of ether oxygens (including phenoxy) is 1. The van der Waals surface area contributed by atoms with Gasteiger partial charge in [-0.1, -0.05) is 48.0 Å². The third-order valence-corrected chi connectivity index (χ3v) is 7.14. The van der Waals surface area contributed by atoms with Gasteiger partial charge in [-0.2, -0.15) is 10.2 Å². The zero-order chi connectivity index (χ0) is 27.6. The second kappa shape index (κ2) is 10.5. The zero-order valence-electron chi connectivity index (χ0n) is 22.2. The van der Waals surface area contributed by atoms with Crippen LogP contribution in [-0.2, 0) is 0 Å². The summed E-state index contributed by atoms with van der Waals surface area (Å²) in [6.45, 7) is 2.07. The Balaban J connectivity index is 1.48. The topological polar surface area (TPSA) is 79.9 Å². The summed E-state index contributed by atoms with van der Waals surface area (Å²) in [7, 11) is 1.65. The van der Waals surface area contributed by atoms with E-state index in [1.807, 2.05) is 64.3 Å². The molecule has 0 radical (unpaired) electrons. The highest BCUT2D eigenvalue weighted by atomic mass is 16.5. The zero-order valence-corrected chi connectivity index (χ0v) is 22.2. The SMILES string of the molecule is COc1ccc(C2=NN(c3ccc(C(=O)O)cc3)C(c3cc(-c4ccc(C)cc4)nn3-c3ccccc3)C2)cc1. The van der Waals surface area contributed by atoms with Gasteiger partial charge in [-0.05, 0) is 79.2 Å². The van der Waals surface area contributed by atoms with Crippen LogP contribution in [0.1, 0.15) is 39.6 Å². The maximum absolute atomic E-state index is 11.5. The van der Waals surface area contributed by atoms with Gasteiger partial charge in [0.25, 0.3) is 0 Å². The lowest BCUT2D eigenvalue weighted by molar-refractivity contribution is 0.0697. The number of hydrogen-bond acceptors (Lipinski definition) is 5. The Morgan fingerprint density at radius 3 is 2.17 bits per heavy atom. The fraction of sp³-hybridized carbons (Fsp3) is 0.121. The lowest BCUT2D eigenvalue weighted by Gasteiger charge is -2.24. The van der Waals surface area contributed by atoms with Gasteiger partial charge in [-0.3, -0.25) is 5.01 Å². The van der Waals surface area contributed by atoms with Crippen molar-refractivity contribution in [1.82, 2.24) is 9.78 Å². The molecule has 7 nitrogen and oxygen atoms in total. The predicted octanol–water partition coefficient (Wildman–Crippen LogP) is 6.91. The highest BCUT2D eigenvalue weighted by Gasteiger charge is 2.33. The number of hydrogen-bond donors (Lipinski definition) is 1. The smallest absolute Gasteiger partial charge is 0.335 e. The van der Waals surface area contributed by atoms with E-state index >= 15 is 0 Å². The van der Waals surface area contributed by atoms with Crippen LogP contribution >= 0.6 is 0 Å². The Morgan fingerprint density at radius 1 is 0.850 bits per heavy atom. The van der Waals surface area contributed by atoms with E-state index in [1.165, 1.54) is 5.56 Å². The van der Waals surface area contributed by atoms with Crippen LogP contribution in [-0.4, -0.2) is 33.7 Å². The van der Waals surface area contributed by atoms with E-state index in [0.29, 0.717) is 6.42 Å². The molecular weight excluding hydrogens is 500 g/mol.